The summed E-state index contributed by atoms with van der Waals surface area (Å²) in [4.78, 5) is 25.1. The molecule has 138 valence electrons. The molecule has 0 atom stereocenters. The van der Waals surface area contributed by atoms with E-state index in [2.05, 4.69) is 5.32 Å². The van der Waals surface area contributed by atoms with Crippen molar-refractivity contribution in [2.45, 2.75) is 26.4 Å². The zero-order chi connectivity index (χ0) is 19.3. The van der Waals surface area contributed by atoms with Crippen LogP contribution in [0.2, 0.25) is 0 Å². The van der Waals surface area contributed by atoms with Crippen LogP contribution in [0.25, 0.3) is 0 Å². The maximum atomic E-state index is 12.6. The first-order valence-electron chi connectivity index (χ1n) is 7.98. The van der Waals surface area contributed by atoms with E-state index in [0.29, 0.717) is 11.4 Å². The third kappa shape index (κ3) is 5.34. The highest BCUT2D eigenvalue weighted by Gasteiger charge is 2.30. The smallest absolute Gasteiger partial charge is 0.326 e. The molecule has 0 saturated carbocycles. The third-order valence-electron chi connectivity index (χ3n) is 3.78. The van der Waals surface area contributed by atoms with Crippen LogP contribution in [-0.2, 0) is 15.8 Å². The highest BCUT2D eigenvalue weighted by atomic mass is 19.4. The summed E-state index contributed by atoms with van der Waals surface area (Å²) in [7, 11) is 0. The predicted octanol–water partition coefficient (Wildman–Crippen LogP) is 4.40. The SMILES string of the molecule is CC(=O)N(CCC(=O)Nc1ccc(C)cc1)c1ccc(C(F)(F)F)cc1. The Morgan fingerprint density at radius 3 is 2.08 bits per heavy atom. The number of amides is 2. The molecule has 7 heteroatoms. The molecule has 4 nitrogen and oxygen atoms in total. The molecule has 26 heavy (non-hydrogen) atoms. The first kappa shape index (κ1) is 19.5. The van der Waals surface area contributed by atoms with Crippen LogP contribution in [-0.4, -0.2) is 18.4 Å². The predicted molar refractivity (Wildman–Crippen MR) is 93.9 cm³/mol. The molecule has 0 radical (unpaired) electrons. The van der Waals surface area contributed by atoms with E-state index < -0.39 is 11.7 Å². The molecule has 0 aliphatic heterocycles. The highest BCUT2D eigenvalue weighted by molar-refractivity contribution is 5.94. The summed E-state index contributed by atoms with van der Waals surface area (Å²) in [6, 6.07) is 11.5. The first-order valence-corrected chi connectivity index (χ1v) is 7.98. The van der Waals surface area contributed by atoms with E-state index in [1.807, 2.05) is 19.1 Å². The second-order valence-electron chi connectivity index (χ2n) is 5.88. The Morgan fingerprint density at radius 2 is 1.58 bits per heavy atom. The number of carbonyl (C=O) groups excluding carboxylic acids is 2. The van der Waals surface area contributed by atoms with Crippen molar-refractivity contribution in [2.24, 2.45) is 0 Å². The third-order valence-corrected chi connectivity index (χ3v) is 3.78. The summed E-state index contributed by atoms with van der Waals surface area (Å²) in [5.41, 5.74) is 1.23. The lowest BCUT2D eigenvalue weighted by Crippen LogP contribution is -2.32. The van der Waals surface area contributed by atoms with E-state index in [9.17, 15) is 22.8 Å². The summed E-state index contributed by atoms with van der Waals surface area (Å²) in [6.07, 6.45) is -4.41. The Hall–Kier alpha value is -2.83. The van der Waals surface area contributed by atoms with Crippen LogP contribution in [0.4, 0.5) is 24.5 Å². The summed E-state index contributed by atoms with van der Waals surface area (Å²) >= 11 is 0. The standard InChI is InChI=1S/C19H19F3N2O2/c1-13-3-7-16(8-4-13)23-18(26)11-12-24(14(2)25)17-9-5-15(6-10-17)19(20,21)22/h3-10H,11-12H2,1-2H3,(H,23,26). The first-order chi connectivity index (χ1) is 12.2. The van der Waals surface area contributed by atoms with E-state index in [1.165, 1.54) is 24.0 Å². The maximum Gasteiger partial charge on any atom is 0.416 e. The molecule has 2 rings (SSSR count). The quantitative estimate of drug-likeness (QED) is 0.855. The van der Waals surface area contributed by atoms with Gasteiger partial charge < -0.3 is 10.2 Å². The number of hydrogen-bond donors (Lipinski definition) is 1. The Bertz CT molecular complexity index is 769. The fourth-order valence-electron chi connectivity index (χ4n) is 2.37. The van der Waals surface area contributed by atoms with E-state index >= 15 is 0 Å². The largest absolute Gasteiger partial charge is 0.416 e. The van der Waals surface area contributed by atoms with Gasteiger partial charge in [-0.25, -0.2) is 0 Å². The van der Waals surface area contributed by atoms with Crippen LogP contribution in [0.1, 0.15) is 24.5 Å². The number of alkyl halides is 3. The monoisotopic (exact) mass is 364 g/mol. The lowest BCUT2D eigenvalue weighted by atomic mass is 10.2. The molecule has 0 unspecified atom stereocenters. The van der Waals surface area contributed by atoms with Crippen molar-refractivity contribution in [3.8, 4) is 0 Å². The van der Waals surface area contributed by atoms with Crippen molar-refractivity contribution in [1.82, 2.24) is 0 Å². The molecule has 0 aromatic heterocycles. The van der Waals surface area contributed by atoms with E-state index in [0.717, 1.165) is 17.7 Å². The number of aryl methyl sites for hydroxylation is 1. The minimum Gasteiger partial charge on any atom is -0.326 e. The molecule has 2 aromatic rings. The van der Waals surface area contributed by atoms with Gasteiger partial charge in [0, 0.05) is 31.3 Å². The number of rotatable bonds is 5. The number of nitrogens with zero attached hydrogens (tertiary/aromatic N) is 1. The minimum atomic E-state index is -4.44. The van der Waals surface area contributed by atoms with Gasteiger partial charge >= 0.3 is 6.18 Å². The summed E-state index contributed by atoms with van der Waals surface area (Å²) in [6.45, 7) is 3.30. The van der Waals surface area contributed by atoms with Gasteiger partial charge in [-0.05, 0) is 43.3 Å². The number of benzene rings is 2. The van der Waals surface area contributed by atoms with Crippen LogP contribution >= 0.6 is 0 Å². The molecule has 0 aliphatic carbocycles. The second-order valence-corrected chi connectivity index (χ2v) is 5.88. The molecule has 0 bridgehead atoms. The van der Waals surface area contributed by atoms with Crippen molar-refractivity contribution < 1.29 is 22.8 Å². The van der Waals surface area contributed by atoms with E-state index in [4.69, 9.17) is 0 Å². The molecular formula is C19H19F3N2O2. The van der Waals surface area contributed by atoms with Gasteiger partial charge in [-0.2, -0.15) is 13.2 Å². The van der Waals surface area contributed by atoms with Crippen molar-refractivity contribution in [3.63, 3.8) is 0 Å². The second kappa shape index (κ2) is 8.03. The van der Waals surface area contributed by atoms with Crippen LogP contribution in [0.15, 0.2) is 48.5 Å². The van der Waals surface area contributed by atoms with Crippen molar-refractivity contribution in [3.05, 3.63) is 59.7 Å². The number of halogens is 3. The van der Waals surface area contributed by atoms with Crippen LogP contribution in [0.3, 0.4) is 0 Å². The zero-order valence-corrected chi connectivity index (χ0v) is 14.4. The molecule has 0 aliphatic rings. The van der Waals surface area contributed by atoms with Gasteiger partial charge in [-0.3, -0.25) is 9.59 Å². The lowest BCUT2D eigenvalue weighted by molar-refractivity contribution is -0.137. The number of carbonyl (C=O) groups is 2. The van der Waals surface area contributed by atoms with Crippen molar-refractivity contribution >= 4 is 23.2 Å². The average Bonchev–Trinajstić information content (AvgIpc) is 2.56. The van der Waals surface area contributed by atoms with Gasteiger partial charge in [0.2, 0.25) is 11.8 Å². The fraction of sp³-hybridized carbons (Fsp3) is 0.263. The van der Waals surface area contributed by atoms with Gasteiger partial charge in [0.05, 0.1) is 5.56 Å². The van der Waals surface area contributed by atoms with Crippen molar-refractivity contribution in [2.75, 3.05) is 16.8 Å². The Morgan fingerprint density at radius 1 is 1.00 bits per heavy atom. The number of nitrogens with one attached hydrogen (secondary N) is 1. The van der Waals surface area contributed by atoms with Crippen molar-refractivity contribution in [1.29, 1.82) is 0 Å². The number of anilines is 2. The Labute approximate surface area is 149 Å². The number of hydrogen-bond acceptors (Lipinski definition) is 2. The molecule has 0 spiro atoms. The van der Waals surface area contributed by atoms with E-state index in [1.54, 1.807) is 12.1 Å². The maximum absolute atomic E-state index is 12.6. The topological polar surface area (TPSA) is 49.4 Å². The van der Waals surface area contributed by atoms with Crippen LogP contribution in [0.5, 0.6) is 0 Å². The normalized spacial score (nSPS) is 11.1. The summed E-state index contributed by atoms with van der Waals surface area (Å²) in [5.74, 6) is -0.639. The summed E-state index contributed by atoms with van der Waals surface area (Å²) in [5, 5.41) is 2.72. The fourth-order valence-corrected chi connectivity index (χ4v) is 2.37. The molecule has 2 amide bonds. The van der Waals surface area contributed by atoms with Gasteiger partial charge in [-0.15, -0.1) is 0 Å². The van der Waals surface area contributed by atoms with Gasteiger partial charge in [0.25, 0.3) is 0 Å². The van der Waals surface area contributed by atoms with Gasteiger partial charge in [0.15, 0.2) is 0 Å². The molecule has 2 aromatic carbocycles. The van der Waals surface area contributed by atoms with E-state index in [-0.39, 0.29) is 24.8 Å². The summed E-state index contributed by atoms with van der Waals surface area (Å²) < 4.78 is 37.9. The van der Waals surface area contributed by atoms with Gasteiger partial charge in [-0.1, -0.05) is 17.7 Å². The zero-order valence-electron chi connectivity index (χ0n) is 14.4. The minimum absolute atomic E-state index is 0.0223. The molecule has 0 saturated heterocycles. The van der Waals surface area contributed by atoms with Crippen LogP contribution in [0, 0.1) is 6.92 Å². The molecule has 0 fully saturated rings. The molecule has 0 heterocycles. The lowest BCUT2D eigenvalue weighted by Gasteiger charge is -2.21. The highest BCUT2D eigenvalue weighted by Crippen LogP contribution is 2.30. The molecule has 1 N–H and O–H groups in total. The van der Waals surface area contributed by atoms with Crippen LogP contribution < -0.4 is 10.2 Å². The Kier molecular flexibility index (Phi) is 6.02. The Balaban J connectivity index is 2.00. The molecular weight excluding hydrogens is 345 g/mol. The van der Waals surface area contributed by atoms with Gasteiger partial charge in [0.1, 0.15) is 0 Å². The average molecular weight is 364 g/mol.